The maximum Gasteiger partial charge on any atom is 0.259 e. The third-order valence-corrected chi connectivity index (χ3v) is 3.90. The van der Waals surface area contributed by atoms with Gasteiger partial charge in [-0.15, -0.1) is 0 Å². The maximum atomic E-state index is 12.1. The molecule has 0 aliphatic carbocycles. The van der Waals surface area contributed by atoms with E-state index >= 15 is 0 Å². The SMILES string of the molecule is COc1ccc(/C(C)=N\NC(=O)CNC(=O)c2ccc3c(c2)OCO3)cc1. The zero-order valence-electron chi connectivity index (χ0n) is 14.9. The average molecular weight is 369 g/mol. The molecule has 2 N–H and O–H groups in total. The zero-order chi connectivity index (χ0) is 19.2. The minimum Gasteiger partial charge on any atom is -0.497 e. The smallest absolute Gasteiger partial charge is 0.259 e. The minimum atomic E-state index is -0.433. The fraction of sp³-hybridized carbons (Fsp3) is 0.211. The van der Waals surface area contributed by atoms with Crippen LogP contribution in [-0.4, -0.2) is 38.0 Å². The van der Waals surface area contributed by atoms with Gasteiger partial charge in [0.2, 0.25) is 6.79 Å². The summed E-state index contributed by atoms with van der Waals surface area (Å²) in [6.45, 7) is 1.70. The van der Waals surface area contributed by atoms with Gasteiger partial charge in [-0.25, -0.2) is 5.43 Å². The Morgan fingerprint density at radius 1 is 1.07 bits per heavy atom. The second kappa shape index (κ2) is 8.22. The van der Waals surface area contributed by atoms with E-state index in [1.54, 1.807) is 32.2 Å². The van der Waals surface area contributed by atoms with Gasteiger partial charge in [0.05, 0.1) is 19.4 Å². The van der Waals surface area contributed by atoms with Crippen LogP contribution >= 0.6 is 0 Å². The summed E-state index contributed by atoms with van der Waals surface area (Å²) in [6.07, 6.45) is 0. The number of nitrogens with zero attached hydrogens (tertiary/aromatic N) is 1. The Balaban J connectivity index is 1.50. The highest BCUT2D eigenvalue weighted by atomic mass is 16.7. The molecule has 1 aliphatic heterocycles. The lowest BCUT2D eigenvalue weighted by molar-refractivity contribution is -0.120. The largest absolute Gasteiger partial charge is 0.497 e. The molecule has 0 atom stereocenters. The number of amides is 2. The second-order valence-electron chi connectivity index (χ2n) is 5.71. The van der Waals surface area contributed by atoms with Gasteiger partial charge in [-0.2, -0.15) is 5.10 Å². The van der Waals surface area contributed by atoms with Crippen LogP contribution in [0.1, 0.15) is 22.8 Å². The predicted octanol–water partition coefficient (Wildman–Crippen LogP) is 1.69. The summed E-state index contributed by atoms with van der Waals surface area (Å²) in [5.41, 5.74) is 4.28. The van der Waals surface area contributed by atoms with Crippen LogP contribution in [0.4, 0.5) is 0 Å². The van der Waals surface area contributed by atoms with Crippen molar-refractivity contribution in [3.05, 3.63) is 53.6 Å². The van der Waals surface area contributed by atoms with Crippen molar-refractivity contribution in [2.45, 2.75) is 6.92 Å². The van der Waals surface area contributed by atoms with E-state index < -0.39 is 5.91 Å². The van der Waals surface area contributed by atoms with Crippen molar-refractivity contribution in [3.63, 3.8) is 0 Å². The minimum absolute atomic E-state index is 0.133. The van der Waals surface area contributed by atoms with Gasteiger partial charge in [0.15, 0.2) is 11.5 Å². The molecule has 140 valence electrons. The molecular weight excluding hydrogens is 350 g/mol. The van der Waals surface area contributed by atoms with Crippen molar-refractivity contribution in [1.82, 2.24) is 10.7 Å². The molecule has 3 rings (SSSR count). The Morgan fingerprint density at radius 2 is 1.78 bits per heavy atom. The van der Waals surface area contributed by atoms with E-state index in [0.717, 1.165) is 11.3 Å². The summed E-state index contributed by atoms with van der Waals surface area (Å²) in [7, 11) is 1.59. The fourth-order valence-electron chi connectivity index (χ4n) is 2.38. The van der Waals surface area contributed by atoms with Crippen molar-refractivity contribution >= 4 is 17.5 Å². The summed E-state index contributed by atoms with van der Waals surface area (Å²) in [5.74, 6) is 1.01. The molecular formula is C19H19N3O5. The highest BCUT2D eigenvalue weighted by molar-refractivity contribution is 6.00. The molecule has 1 aliphatic rings. The zero-order valence-corrected chi connectivity index (χ0v) is 14.9. The summed E-state index contributed by atoms with van der Waals surface area (Å²) in [6, 6.07) is 12.1. The van der Waals surface area contributed by atoms with E-state index in [4.69, 9.17) is 14.2 Å². The molecule has 2 aromatic rings. The molecule has 0 saturated carbocycles. The Kier molecular flexibility index (Phi) is 5.55. The van der Waals surface area contributed by atoms with E-state index in [1.165, 1.54) is 0 Å². The monoisotopic (exact) mass is 369 g/mol. The van der Waals surface area contributed by atoms with Crippen molar-refractivity contribution in [1.29, 1.82) is 0 Å². The van der Waals surface area contributed by atoms with E-state index in [-0.39, 0.29) is 19.2 Å². The number of carbonyl (C=O) groups excluding carboxylic acids is 2. The molecule has 0 saturated heterocycles. The molecule has 0 radical (unpaired) electrons. The van der Waals surface area contributed by atoms with Crippen molar-refractivity contribution < 1.29 is 23.8 Å². The van der Waals surface area contributed by atoms with Gasteiger partial charge < -0.3 is 19.5 Å². The van der Waals surface area contributed by atoms with E-state index in [2.05, 4.69) is 15.8 Å². The third-order valence-electron chi connectivity index (χ3n) is 3.90. The number of hydrogen-bond acceptors (Lipinski definition) is 6. The molecule has 8 nitrogen and oxygen atoms in total. The Labute approximate surface area is 156 Å². The van der Waals surface area contributed by atoms with Gasteiger partial charge >= 0.3 is 0 Å². The van der Waals surface area contributed by atoms with Crippen LogP contribution in [0.5, 0.6) is 17.2 Å². The Morgan fingerprint density at radius 3 is 2.52 bits per heavy atom. The predicted molar refractivity (Wildman–Crippen MR) is 98.2 cm³/mol. The van der Waals surface area contributed by atoms with Crippen LogP contribution < -0.4 is 25.0 Å². The first-order valence-corrected chi connectivity index (χ1v) is 8.22. The molecule has 1 heterocycles. The molecule has 27 heavy (non-hydrogen) atoms. The van der Waals surface area contributed by atoms with Gasteiger partial charge in [-0.3, -0.25) is 9.59 Å². The lowest BCUT2D eigenvalue weighted by atomic mass is 10.1. The molecule has 0 unspecified atom stereocenters. The van der Waals surface area contributed by atoms with Crippen molar-refractivity contribution in [2.24, 2.45) is 5.10 Å². The van der Waals surface area contributed by atoms with Crippen LogP contribution in [0.3, 0.4) is 0 Å². The van der Waals surface area contributed by atoms with Crippen LogP contribution in [0.25, 0.3) is 0 Å². The van der Waals surface area contributed by atoms with Gasteiger partial charge in [0.1, 0.15) is 5.75 Å². The van der Waals surface area contributed by atoms with E-state index in [9.17, 15) is 9.59 Å². The number of nitrogens with one attached hydrogen (secondary N) is 2. The molecule has 8 heteroatoms. The van der Waals surface area contributed by atoms with E-state index in [0.29, 0.717) is 22.8 Å². The first kappa shape index (κ1) is 18.2. The normalized spacial score (nSPS) is 12.4. The Bertz CT molecular complexity index is 877. The number of methoxy groups -OCH3 is 1. The number of carbonyl (C=O) groups is 2. The highest BCUT2D eigenvalue weighted by Crippen LogP contribution is 2.32. The summed E-state index contributed by atoms with van der Waals surface area (Å²) in [5, 5.41) is 6.57. The van der Waals surface area contributed by atoms with Gasteiger partial charge in [-0.1, -0.05) is 0 Å². The van der Waals surface area contributed by atoms with Crippen molar-refractivity contribution in [3.8, 4) is 17.2 Å². The number of hydrogen-bond donors (Lipinski definition) is 2. The first-order valence-electron chi connectivity index (χ1n) is 8.22. The molecule has 0 bridgehead atoms. The summed E-state index contributed by atoms with van der Waals surface area (Å²) >= 11 is 0. The average Bonchev–Trinajstić information content (AvgIpc) is 3.18. The van der Waals surface area contributed by atoms with Crippen LogP contribution in [0.15, 0.2) is 47.6 Å². The molecule has 2 amide bonds. The molecule has 0 fully saturated rings. The number of hydrazone groups is 1. The topological polar surface area (TPSA) is 98.2 Å². The van der Waals surface area contributed by atoms with Gasteiger partial charge in [0.25, 0.3) is 11.8 Å². The second-order valence-corrected chi connectivity index (χ2v) is 5.71. The highest BCUT2D eigenvalue weighted by Gasteiger charge is 2.16. The number of benzene rings is 2. The quantitative estimate of drug-likeness (QED) is 0.596. The van der Waals surface area contributed by atoms with Gasteiger partial charge in [0, 0.05) is 5.56 Å². The van der Waals surface area contributed by atoms with Crippen molar-refractivity contribution in [2.75, 3.05) is 20.4 Å². The lowest BCUT2D eigenvalue weighted by Gasteiger charge is -2.06. The first-order chi connectivity index (χ1) is 13.1. The number of ether oxygens (including phenoxy) is 3. The fourth-order valence-corrected chi connectivity index (χ4v) is 2.38. The standard InChI is InChI=1S/C19H19N3O5/c1-12(13-3-6-15(25-2)7-4-13)21-22-18(23)10-20-19(24)14-5-8-16-17(9-14)27-11-26-16/h3-9H,10-11H2,1-2H3,(H,20,24)(H,22,23)/b21-12-. The third kappa shape index (κ3) is 4.55. The lowest BCUT2D eigenvalue weighted by Crippen LogP contribution is -2.35. The summed E-state index contributed by atoms with van der Waals surface area (Å²) < 4.78 is 15.5. The van der Waals surface area contributed by atoms with E-state index in [1.807, 2.05) is 24.3 Å². The molecule has 0 aromatic heterocycles. The maximum absolute atomic E-state index is 12.1. The van der Waals surface area contributed by atoms with Crippen LogP contribution in [0, 0.1) is 0 Å². The Hall–Kier alpha value is -3.55. The van der Waals surface area contributed by atoms with Gasteiger partial charge in [-0.05, 0) is 55.0 Å². The number of rotatable bonds is 6. The van der Waals surface area contributed by atoms with Crippen LogP contribution in [0.2, 0.25) is 0 Å². The molecule has 0 spiro atoms. The number of fused-ring (bicyclic) bond motifs is 1. The molecule has 2 aromatic carbocycles. The van der Waals surface area contributed by atoms with Crippen LogP contribution in [-0.2, 0) is 4.79 Å². The summed E-state index contributed by atoms with van der Waals surface area (Å²) in [4.78, 5) is 24.0.